The van der Waals surface area contributed by atoms with Gasteiger partial charge in [0.25, 0.3) is 5.91 Å². The van der Waals surface area contributed by atoms with Gasteiger partial charge in [-0.15, -0.1) is 0 Å². The molecule has 2 amide bonds. The Labute approximate surface area is 139 Å². The Balaban J connectivity index is 2.12. The molecular weight excluding hydrogens is 308 g/mol. The summed E-state index contributed by atoms with van der Waals surface area (Å²) in [5, 5.41) is 6.55. The van der Waals surface area contributed by atoms with Crippen molar-refractivity contribution in [2.45, 2.75) is 13.8 Å². The number of amides is 2. The highest BCUT2D eigenvalue weighted by Crippen LogP contribution is 2.23. The van der Waals surface area contributed by atoms with Crippen molar-refractivity contribution in [2.75, 3.05) is 11.9 Å². The summed E-state index contributed by atoms with van der Waals surface area (Å²) in [6.07, 6.45) is 4.78. The fourth-order valence-corrected chi connectivity index (χ4v) is 1.94. The fourth-order valence-electron chi connectivity index (χ4n) is 1.94. The molecule has 1 aromatic heterocycles. The van der Waals surface area contributed by atoms with Gasteiger partial charge >= 0.3 is 0 Å². The standard InChI is InChI=1S/C17H18N4O3/c1-3-24-16-9-14(20-12(2)22)6-7-15(16)17(23)21-19-11-13-5-4-8-18-10-13/h4-11H,3H2,1-2H3,(H,20,22)(H,21,23)/b19-11-. The topological polar surface area (TPSA) is 92.7 Å². The van der Waals surface area contributed by atoms with E-state index in [1.165, 1.54) is 13.1 Å². The Hall–Kier alpha value is -3.22. The summed E-state index contributed by atoms with van der Waals surface area (Å²) in [6, 6.07) is 8.40. The minimum atomic E-state index is -0.409. The average Bonchev–Trinajstić information content (AvgIpc) is 2.56. The Morgan fingerprint density at radius 1 is 1.33 bits per heavy atom. The second-order valence-corrected chi connectivity index (χ2v) is 4.81. The third kappa shape index (κ3) is 4.91. The molecule has 0 aliphatic carbocycles. The van der Waals surface area contributed by atoms with Gasteiger partial charge in [0.15, 0.2) is 0 Å². The van der Waals surface area contributed by atoms with Crippen LogP contribution in [0.2, 0.25) is 0 Å². The number of carbonyl (C=O) groups excluding carboxylic acids is 2. The highest BCUT2D eigenvalue weighted by atomic mass is 16.5. The molecule has 0 unspecified atom stereocenters. The predicted molar refractivity (Wildman–Crippen MR) is 91.2 cm³/mol. The first-order valence-electron chi connectivity index (χ1n) is 7.38. The zero-order valence-electron chi connectivity index (χ0n) is 13.4. The summed E-state index contributed by atoms with van der Waals surface area (Å²) in [6.45, 7) is 3.62. The van der Waals surface area contributed by atoms with Crippen LogP contribution < -0.4 is 15.5 Å². The summed E-state index contributed by atoms with van der Waals surface area (Å²) < 4.78 is 5.47. The SMILES string of the molecule is CCOc1cc(NC(C)=O)ccc1C(=O)N/N=C\c1cccnc1. The predicted octanol–water partition coefficient (Wildman–Crippen LogP) is 2.20. The molecule has 1 heterocycles. The lowest BCUT2D eigenvalue weighted by Gasteiger charge is -2.11. The molecule has 2 N–H and O–H groups in total. The van der Waals surface area contributed by atoms with Gasteiger partial charge in [0, 0.05) is 36.6 Å². The number of nitrogens with zero attached hydrogens (tertiary/aromatic N) is 2. The van der Waals surface area contributed by atoms with Crippen molar-refractivity contribution in [1.29, 1.82) is 0 Å². The number of nitrogens with one attached hydrogen (secondary N) is 2. The molecular formula is C17H18N4O3. The maximum absolute atomic E-state index is 12.3. The van der Waals surface area contributed by atoms with Crippen LogP contribution in [0.15, 0.2) is 47.8 Å². The fraction of sp³-hybridized carbons (Fsp3) is 0.176. The summed E-state index contributed by atoms with van der Waals surface area (Å²) >= 11 is 0. The Morgan fingerprint density at radius 2 is 2.17 bits per heavy atom. The second kappa shape index (κ2) is 8.42. The third-order valence-corrected chi connectivity index (χ3v) is 2.91. The highest BCUT2D eigenvalue weighted by molar-refractivity contribution is 5.98. The summed E-state index contributed by atoms with van der Waals surface area (Å²) in [5.74, 6) is -0.235. The number of ether oxygens (including phenoxy) is 1. The molecule has 0 aliphatic heterocycles. The number of hydrogen-bond acceptors (Lipinski definition) is 5. The van der Waals surface area contributed by atoms with Crippen LogP contribution in [-0.4, -0.2) is 29.6 Å². The summed E-state index contributed by atoms with van der Waals surface area (Å²) in [5.41, 5.74) is 4.09. The lowest BCUT2D eigenvalue weighted by Crippen LogP contribution is -2.19. The lowest BCUT2D eigenvalue weighted by atomic mass is 10.1. The van der Waals surface area contributed by atoms with Gasteiger partial charge < -0.3 is 10.1 Å². The maximum Gasteiger partial charge on any atom is 0.275 e. The number of carbonyl (C=O) groups is 2. The monoisotopic (exact) mass is 326 g/mol. The molecule has 0 saturated carbocycles. The third-order valence-electron chi connectivity index (χ3n) is 2.91. The maximum atomic E-state index is 12.3. The molecule has 7 heteroatoms. The molecule has 7 nitrogen and oxygen atoms in total. The largest absolute Gasteiger partial charge is 0.493 e. The van der Waals surface area contributed by atoms with Gasteiger partial charge in [0.2, 0.25) is 5.91 Å². The van der Waals surface area contributed by atoms with Crippen molar-refractivity contribution in [1.82, 2.24) is 10.4 Å². The molecule has 2 aromatic rings. The minimum absolute atomic E-state index is 0.198. The molecule has 124 valence electrons. The van der Waals surface area contributed by atoms with Crippen molar-refractivity contribution in [3.63, 3.8) is 0 Å². The van der Waals surface area contributed by atoms with Crippen LogP contribution in [0.25, 0.3) is 0 Å². The van der Waals surface area contributed by atoms with Gasteiger partial charge in [-0.3, -0.25) is 14.6 Å². The first-order chi connectivity index (χ1) is 11.6. The molecule has 0 atom stereocenters. The molecule has 0 spiro atoms. The van der Waals surface area contributed by atoms with Crippen LogP contribution in [0.4, 0.5) is 5.69 Å². The van der Waals surface area contributed by atoms with E-state index in [1.807, 2.05) is 13.0 Å². The summed E-state index contributed by atoms with van der Waals surface area (Å²) in [7, 11) is 0. The number of benzene rings is 1. The van der Waals surface area contributed by atoms with E-state index in [0.717, 1.165) is 5.56 Å². The van der Waals surface area contributed by atoms with E-state index in [1.54, 1.807) is 36.7 Å². The molecule has 0 radical (unpaired) electrons. The van der Waals surface area contributed by atoms with Crippen LogP contribution >= 0.6 is 0 Å². The van der Waals surface area contributed by atoms with E-state index in [4.69, 9.17) is 4.74 Å². The van der Waals surface area contributed by atoms with E-state index in [-0.39, 0.29) is 5.91 Å². The first-order valence-corrected chi connectivity index (χ1v) is 7.38. The molecule has 24 heavy (non-hydrogen) atoms. The van der Waals surface area contributed by atoms with Crippen LogP contribution in [0.5, 0.6) is 5.75 Å². The zero-order chi connectivity index (χ0) is 17.4. The van der Waals surface area contributed by atoms with Crippen molar-refractivity contribution in [3.05, 3.63) is 53.9 Å². The number of pyridine rings is 1. The number of hydrogen-bond donors (Lipinski definition) is 2. The van der Waals surface area contributed by atoms with Crippen molar-refractivity contribution in [2.24, 2.45) is 5.10 Å². The summed E-state index contributed by atoms with van der Waals surface area (Å²) in [4.78, 5) is 27.3. The van der Waals surface area contributed by atoms with E-state index in [9.17, 15) is 9.59 Å². The number of hydrazone groups is 1. The second-order valence-electron chi connectivity index (χ2n) is 4.81. The lowest BCUT2D eigenvalue weighted by molar-refractivity contribution is -0.114. The molecule has 0 bridgehead atoms. The van der Waals surface area contributed by atoms with E-state index >= 15 is 0 Å². The smallest absolute Gasteiger partial charge is 0.275 e. The normalized spacial score (nSPS) is 10.4. The molecule has 0 saturated heterocycles. The van der Waals surface area contributed by atoms with Crippen LogP contribution in [0, 0.1) is 0 Å². The number of rotatable bonds is 6. The van der Waals surface area contributed by atoms with Gasteiger partial charge in [-0.2, -0.15) is 5.10 Å². The van der Waals surface area contributed by atoms with E-state index in [0.29, 0.717) is 23.6 Å². The Morgan fingerprint density at radius 3 is 2.83 bits per heavy atom. The highest BCUT2D eigenvalue weighted by Gasteiger charge is 2.13. The molecule has 2 rings (SSSR count). The molecule has 1 aromatic carbocycles. The van der Waals surface area contributed by atoms with E-state index < -0.39 is 5.91 Å². The van der Waals surface area contributed by atoms with Crippen LogP contribution in [0.1, 0.15) is 29.8 Å². The Kier molecular flexibility index (Phi) is 6.01. The van der Waals surface area contributed by atoms with Crippen LogP contribution in [-0.2, 0) is 4.79 Å². The van der Waals surface area contributed by atoms with E-state index in [2.05, 4.69) is 20.8 Å². The van der Waals surface area contributed by atoms with Crippen molar-refractivity contribution >= 4 is 23.7 Å². The van der Waals surface area contributed by atoms with Crippen molar-refractivity contribution < 1.29 is 14.3 Å². The quantitative estimate of drug-likeness (QED) is 0.629. The molecule has 0 fully saturated rings. The average molecular weight is 326 g/mol. The Bertz CT molecular complexity index is 745. The van der Waals surface area contributed by atoms with Gasteiger partial charge in [0.1, 0.15) is 5.75 Å². The zero-order valence-corrected chi connectivity index (χ0v) is 13.4. The number of anilines is 1. The van der Waals surface area contributed by atoms with Crippen molar-refractivity contribution in [3.8, 4) is 5.75 Å². The van der Waals surface area contributed by atoms with Gasteiger partial charge in [-0.25, -0.2) is 5.43 Å². The number of aromatic nitrogens is 1. The van der Waals surface area contributed by atoms with Gasteiger partial charge in [-0.1, -0.05) is 6.07 Å². The molecule has 0 aliphatic rings. The minimum Gasteiger partial charge on any atom is -0.493 e. The van der Waals surface area contributed by atoms with Gasteiger partial charge in [0.05, 0.1) is 18.4 Å². The van der Waals surface area contributed by atoms with Crippen LogP contribution in [0.3, 0.4) is 0 Å². The van der Waals surface area contributed by atoms with Gasteiger partial charge in [-0.05, 0) is 25.1 Å². The first kappa shape index (κ1) is 17.1.